The van der Waals surface area contributed by atoms with E-state index in [2.05, 4.69) is 458 Å². The van der Waals surface area contributed by atoms with E-state index >= 15 is 0 Å². The summed E-state index contributed by atoms with van der Waals surface area (Å²) in [6.45, 7) is 4.58. The molecule has 32 aromatic rings. The van der Waals surface area contributed by atoms with Crippen molar-refractivity contribution in [1.29, 1.82) is 0 Å². The molecular formula is C135H77N9OS. The monoisotopic (exact) mass is 1870 g/mol. The van der Waals surface area contributed by atoms with Crippen molar-refractivity contribution in [3.63, 3.8) is 0 Å². The summed E-state index contributed by atoms with van der Waals surface area (Å²) in [7, 11) is 0. The molecule has 0 atom stereocenters. The summed E-state index contributed by atoms with van der Waals surface area (Å²) in [5.41, 5.74) is 21.3. The highest BCUT2D eigenvalue weighted by Gasteiger charge is 2.41. The zero-order valence-electron chi connectivity index (χ0n) is 78.8. The smallest absolute Gasteiger partial charge is 0.238 e. The molecule has 1 aliphatic carbocycles. The van der Waals surface area contributed by atoms with Crippen LogP contribution < -0.4 is 0 Å². The Morgan fingerprint density at radius 3 is 1.08 bits per heavy atom. The third-order valence-electron chi connectivity index (χ3n) is 32.1. The standard InChI is InChI=1S/C135H77N9OS/c1-135(2)108-49-27-26-48-100(108)125-129(135)136-124(79-35-10-5-11-36-79)130(137-125)142-109-65-62-96-90-43-20-22-45-92(90)105-71-81(54-58-98(105)115(96)117(109)101-59-50-74-28-12-15-37-84(74)126(101)142)83-56-69-113-107(73-83)121-123(78-33-8-4-9-34-78)139-134(141-132(121)146-113)144-111-67-64-97-91-44-21-23-46-93(91)104-70-80(53-57-99(104)116(97)119(111)103-61-52-76-30-14-17-39-86(76)128(103)144)82-55-68-112-106(72-82)120-122(77-31-6-3-7-32-77)138-133(140-131(120)145-112)143-110-66-63-95-89-42-19-18-40-87(89)88-41-24-25-47-94(88)114(95)118(110)102-60-51-75-29-13-16-38-85(75)127(102)143/h3-73H,1-2H3. The fraction of sp³-hybridized carbons (Fsp3) is 0.0222. The normalized spacial score (nSPS) is 12.9. The van der Waals surface area contributed by atoms with Gasteiger partial charge < -0.3 is 4.42 Å². The van der Waals surface area contributed by atoms with Crippen molar-refractivity contribution in [3.05, 3.63) is 442 Å². The van der Waals surface area contributed by atoms with E-state index in [9.17, 15) is 0 Å². The SMILES string of the molecule is CC1(C)c2ccccc2-c2nc(-n3c4ccc5c6ccccc6c6cc(-c7ccc8sc9nc(-n%10c%11ccc%12c%13ccccc%13c%13cc(-c%14ccc%15oc%16nc(-n%17c%18ccc%19c%20ccccc%20c%20ccccc%20c%19c%18c%18ccc%19ccccc%19c%18%17)nc(-c%17ccccc%17)c%16c%15c%14)ccc%13c%12c%11c%11ccc%12ccccc%12c%11%10)nc(-c%10ccccc%10)c9c8c7)ccc6c5c4c4ccc5ccccc5c43)c(-c3ccccc3)nc21. The Bertz CT molecular complexity index is 11500. The second kappa shape index (κ2) is 29.6. The number of hydrogen-bond donors (Lipinski definition) is 0. The van der Waals surface area contributed by atoms with Crippen molar-refractivity contribution < 1.29 is 4.42 Å². The number of hydrogen-bond acceptors (Lipinski definition) is 8. The summed E-state index contributed by atoms with van der Waals surface area (Å²) in [4.78, 5) is 36.0. The highest BCUT2D eigenvalue weighted by atomic mass is 32.1. The maximum absolute atomic E-state index is 7.14. The van der Waals surface area contributed by atoms with Gasteiger partial charge >= 0.3 is 0 Å². The van der Waals surface area contributed by atoms with Crippen LogP contribution in [0.5, 0.6) is 0 Å². The van der Waals surface area contributed by atoms with Gasteiger partial charge in [0.05, 0.1) is 61.3 Å². The van der Waals surface area contributed by atoms with Gasteiger partial charge in [-0.25, -0.2) is 24.9 Å². The number of aromatic nitrogens is 9. The van der Waals surface area contributed by atoms with Crippen LogP contribution in [-0.4, -0.2) is 43.6 Å². The van der Waals surface area contributed by atoms with Gasteiger partial charge in [-0.05, 0) is 179 Å². The maximum Gasteiger partial charge on any atom is 0.238 e. The molecule has 1 aliphatic rings. The molecule has 0 aliphatic heterocycles. The van der Waals surface area contributed by atoms with Gasteiger partial charge in [-0.2, -0.15) is 4.98 Å². The lowest BCUT2D eigenvalue weighted by Gasteiger charge is -2.21. The van der Waals surface area contributed by atoms with E-state index in [0.29, 0.717) is 17.6 Å². The Labute approximate surface area is 836 Å². The van der Waals surface area contributed by atoms with Crippen LogP contribution in [0.4, 0.5) is 0 Å². The Hall–Kier alpha value is -18.9. The lowest BCUT2D eigenvalue weighted by molar-refractivity contribution is 0.635. The number of thiophene rings is 1. The molecule has 0 fully saturated rings. The molecule has 24 aromatic carbocycles. The van der Waals surface area contributed by atoms with Gasteiger partial charge in [-0.15, -0.1) is 11.3 Å². The first-order chi connectivity index (χ1) is 72.2. The molecule has 146 heavy (non-hydrogen) atoms. The van der Waals surface area contributed by atoms with Gasteiger partial charge in [0.2, 0.25) is 17.6 Å². The highest BCUT2D eigenvalue weighted by molar-refractivity contribution is 7.25. The van der Waals surface area contributed by atoms with E-state index in [0.717, 1.165) is 219 Å². The molecule has 0 bridgehead atoms. The van der Waals surface area contributed by atoms with Crippen LogP contribution in [-0.2, 0) is 5.41 Å². The lowest BCUT2D eigenvalue weighted by atomic mass is 9.85. The molecule has 11 heteroatoms. The number of nitrogens with zero attached hydrogens (tertiary/aromatic N) is 9. The highest BCUT2D eigenvalue weighted by Crippen LogP contribution is 2.56. The first kappa shape index (κ1) is 79.8. The van der Waals surface area contributed by atoms with Gasteiger partial charge in [0.25, 0.3) is 0 Å². The largest absolute Gasteiger partial charge is 0.437 e. The topological polar surface area (TPSA) is 105 Å². The maximum atomic E-state index is 7.14. The van der Waals surface area contributed by atoms with Gasteiger partial charge in [0, 0.05) is 113 Å². The number of rotatable bonds is 8. The molecule has 0 saturated heterocycles. The molecule has 10 nitrogen and oxygen atoms in total. The molecule has 674 valence electrons. The summed E-state index contributed by atoms with van der Waals surface area (Å²) < 4.78 is 15.4. The minimum atomic E-state index is -0.365. The number of fused-ring (bicyclic) bond motifs is 45. The molecule has 0 amide bonds. The molecule has 8 heterocycles. The Kier molecular flexibility index (Phi) is 16.2. The molecule has 8 aromatic heterocycles. The molecule has 0 saturated carbocycles. The summed E-state index contributed by atoms with van der Waals surface area (Å²) >= 11 is 1.73. The van der Waals surface area contributed by atoms with Crippen LogP contribution in [0.2, 0.25) is 0 Å². The average molecular weight is 1870 g/mol. The van der Waals surface area contributed by atoms with Crippen molar-refractivity contribution in [2.75, 3.05) is 0 Å². The summed E-state index contributed by atoms with van der Waals surface area (Å²) in [6, 6.07) is 158. The van der Waals surface area contributed by atoms with Crippen molar-refractivity contribution in [3.8, 4) is 85.0 Å². The fourth-order valence-electron chi connectivity index (χ4n) is 25.7. The van der Waals surface area contributed by atoms with E-state index < -0.39 is 0 Å². The Morgan fingerprint density at radius 1 is 0.226 bits per heavy atom. The Morgan fingerprint density at radius 2 is 0.582 bits per heavy atom. The Balaban J connectivity index is 0.551. The summed E-state index contributed by atoms with van der Waals surface area (Å²) in [6.07, 6.45) is 0. The zero-order valence-corrected chi connectivity index (χ0v) is 79.6. The van der Waals surface area contributed by atoms with E-state index in [-0.39, 0.29) is 5.41 Å². The molecule has 33 rings (SSSR count). The van der Waals surface area contributed by atoms with Crippen molar-refractivity contribution in [2.45, 2.75) is 19.3 Å². The predicted molar refractivity (Wildman–Crippen MR) is 611 cm³/mol. The first-order valence-corrected chi connectivity index (χ1v) is 50.8. The minimum absolute atomic E-state index is 0.365. The lowest BCUT2D eigenvalue weighted by Crippen LogP contribution is -2.18. The van der Waals surface area contributed by atoms with Crippen molar-refractivity contribution in [2.24, 2.45) is 0 Å². The van der Waals surface area contributed by atoms with Crippen molar-refractivity contribution in [1.82, 2.24) is 43.6 Å². The third-order valence-corrected chi connectivity index (χ3v) is 33.2. The van der Waals surface area contributed by atoms with Crippen LogP contribution in [0, 0.1) is 0 Å². The predicted octanol–water partition coefficient (Wildman–Crippen LogP) is 36.1. The van der Waals surface area contributed by atoms with Crippen LogP contribution in [0.25, 0.3) is 322 Å². The molecule has 0 spiro atoms. The van der Waals surface area contributed by atoms with E-state index in [1.165, 1.54) is 97.1 Å². The van der Waals surface area contributed by atoms with Gasteiger partial charge in [-0.3, -0.25) is 13.7 Å². The van der Waals surface area contributed by atoms with Gasteiger partial charge in [0.1, 0.15) is 16.1 Å². The van der Waals surface area contributed by atoms with E-state index in [1.54, 1.807) is 11.3 Å². The zero-order chi connectivity index (χ0) is 95.3. The van der Waals surface area contributed by atoms with Crippen LogP contribution in [0.15, 0.2) is 435 Å². The second-order valence-corrected chi connectivity index (χ2v) is 41.0. The van der Waals surface area contributed by atoms with E-state index in [4.69, 9.17) is 34.3 Å². The number of benzene rings is 24. The van der Waals surface area contributed by atoms with Crippen LogP contribution in [0.1, 0.15) is 25.1 Å². The third kappa shape index (κ3) is 11.0. The molecule has 0 N–H and O–H groups in total. The van der Waals surface area contributed by atoms with Crippen LogP contribution >= 0.6 is 11.3 Å². The van der Waals surface area contributed by atoms with Crippen LogP contribution in [0.3, 0.4) is 0 Å². The van der Waals surface area contributed by atoms with E-state index in [1.807, 2.05) is 0 Å². The number of furan rings is 1. The molecular weight excluding hydrogens is 1800 g/mol. The fourth-order valence-corrected chi connectivity index (χ4v) is 26.8. The van der Waals surface area contributed by atoms with Gasteiger partial charge in [0.15, 0.2) is 5.82 Å². The molecule has 0 unspecified atom stereocenters. The van der Waals surface area contributed by atoms with Gasteiger partial charge in [-0.1, -0.05) is 390 Å². The first-order valence-electron chi connectivity index (χ1n) is 50.0. The molecule has 0 radical (unpaired) electrons. The van der Waals surface area contributed by atoms with Crippen molar-refractivity contribution >= 4 is 248 Å². The quantitative estimate of drug-likeness (QED) is 0.140. The summed E-state index contributed by atoms with van der Waals surface area (Å²) in [5.74, 6) is 1.94. The average Bonchev–Trinajstić information content (AvgIpc) is 1.40. The summed E-state index contributed by atoms with van der Waals surface area (Å²) in [5, 5.41) is 39.0. The second-order valence-electron chi connectivity index (χ2n) is 40.0. The minimum Gasteiger partial charge on any atom is -0.437 e.